The smallest absolute Gasteiger partial charge is 0.251 e. The summed E-state index contributed by atoms with van der Waals surface area (Å²) in [4.78, 5) is 25.3. The Kier molecular flexibility index (Phi) is 9.23. The minimum absolute atomic E-state index is 0.0397. The van der Waals surface area contributed by atoms with E-state index in [4.69, 9.17) is 9.47 Å². The van der Waals surface area contributed by atoms with Crippen molar-refractivity contribution in [1.29, 1.82) is 0 Å². The van der Waals surface area contributed by atoms with Crippen LogP contribution >= 0.6 is 0 Å². The van der Waals surface area contributed by atoms with Crippen LogP contribution in [0.4, 0.5) is 0 Å². The second kappa shape index (κ2) is 13.4. The molecule has 7 nitrogen and oxygen atoms in total. The van der Waals surface area contributed by atoms with Crippen LogP contribution in [-0.2, 0) is 11.4 Å². The molecule has 192 valence electrons. The van der Waals surface area contributed by atoms with Gasteiger partial charge in [-0.25, -0.2) is 5.43 Å². The molecule has 0 bridgehead atoms. The van der Waals surface area contributed by atoms with E-state index in [1.807, 2.05) is 84.9 Å². The molecule has 0 aliphatic carbocycles. The van der Waals surface area contributed by atoms with Crippen molar-refractivity contribution >= 4 is 18.0 Å². The largest absolute Gasteiger partial charge is 0.497 e. The van der Waals surface area contributed by atoms with E-state index in [-0.39, 0.29) is 18.2 Å². The summed E-state index contributed by atoms with van der Waals surface area (Å²) in [6.45, 7) is 0.441. The first-order valence-electron chi connectivity index (χ1n) is 12.2. The van der Waals surface area contributed by atoms with Gasteiger partial charge in [0, 0.05) is 5.56 Å². The van der Waals surface area contributed by atoms with Crippen LogP contribution in [0.15, 0.2) is 114 Å². The summed E-state index contributed by atoms with van der Waals surface area (Å²) < 4.78 is 11.0. The monoisotopic (exact) mass is 507 g/mol. The maximum atomic E-state index is 12.7. The first kappa shape index (κ1) is 26.2. The predicted octanol–water partition coefficient (Wildman–Crippen LogP) is 5.29. The number of hydrogen-bond acceptors (Lipinski definition) is 5. The molecule has 0 aliphatic heterocycles. The molecule has 0 aromatic heterocycles. The second-order valence-electron chi connectivity index (χ2n) is 8.51. The molecule has 4 rings (SSSR count). The van der Waals surface area contributed by atoms with E-state index < -0.39 is 6.04 Å². The van der Waals surface area contributed by atoms with E-state index in [1.165, 1.54) is 0 Å². The van der Waals surface area contributed by atoms with Gasteiger partial charge in [-0.15, -0.1) is 0 Å². The van der Waals surface area contributed by atoms with Crippen LogP contribution in [0.25, 0.3) is 0 Å². The molecule has 4 aromatic rings. The fourth-order valence-electron chi connectivity index (χ4n) is 3.72. The van der Waals surface area contributed by atoms with Crippen molar-refractivity contribution in [1.82, 2.24) is 10.7 Å². The van der Waals surface area contributed by atoms with Gasteiger partial charge in [0.2, 0.25) is 5.91 Å². The Morgan fingerprint density at radius 1 is 0.816 bits per heavy atom. The van der Waals surface area contributed by atoms with Gasteiger partial charge in [-0.3, -0.25) is 9.59 Å². The van der Waals surface area contributed by atoms with E-state index in [2.05, 4.69) is 15.8 Å². The summed E-state index contributed by atoms with van der Waals surface area (Å²) in [7, 11) is 1.63. The first-order chi connectivity index (χ1) is 18.6. The molecule has 38 heavy (non-hydrogen) atoms. The lowest BCUT2D eigenvalue weighted by atomic mass is 10.0. The minimum Gasteiger partial charge on any atom is -0.497 e. The highest BCUT2D eigenvalue weighted by atomic mass is 16.5. The number of nitrogens with zero attached hydrogens (tertiary/aromatic N) is 1. The molecule has 0 fully saturated rings. The molecule has 0 saturated carbocycles. The Balaban J connectivity index is 1.29. The molecule has 0 aliphatic rings. The van der Waals surface area contributed by atoms with Gasteiger partial charge >= 0.3 is 0 Å². The van der Waals surface area contributed by atoms with E-state index >= 15 is 0 Å². The summed E-state index contributed by atoms with van der Waals surface area (Å²) in [5, 5.41) is 7.03. The number of amides is 2. The van der Waals surface area contributed by atoms with Gasteiger partial charge in [0.25, 0.3) is 5.91 Å². The van der Waals surface area contributed by atoms with E-state index in [0.717, 1.165) is 28.2 Å². The number of hydrogen-bond donors (Lipinski definition) is 2. The zero-order valence-corrected chi connectivity index (χ0v) is 21.0. The van der Waals surface area contributed by atoms with Crippen molar-refractivity contribution in [2.24, 2.45) is 5.10 Å². The zero-order valence-electron chi connectivity index (χ0n) is 21.0. The Morgan fingerprint density at radius 3 is 2.11 bits per heavy atom. The normalized spacial score (nSPS) is 11.5. The van der Waals surface area contributed by atoms with Crippen LogP contribution < -0.4 is 20.2 Å². The summed E-state index contributed by atoms with van der Waals surface area (Å²) in [6.07, 6.45) is 1.60. The molecule has 0 unspecified atom stereocenters. The van der Waals surface area contributed by atoms with Crippen LogP contribution in [0.1, 0.15) is 39.5 Å². The van der Waals surface area contributed by atoms with E-state index in [1.54, 1.807) is 37.6 Å². The lowest BCUT2D eigenvalue weighted by Crippen LogP contribution is -2.32. The third-order valence-electron chi connectivity index (χ3n) is 5.78. The Labute approximate surface area is 222 Å². The van der Waals surface area contributed by atoms with Crippen molar-refractivity contribution < 1.29 is 19.1 Å². The lowest BCUT2D eigenvalue weighted by molar-refractivity contribution is -0.121. The minimum atomic E-state index is -0.499. The molecule has 2 N–H and O–H groups in total. The van der Waals surface area contributed by atoms with Crippen LogP contribution in [0.5, 0.6) is 11.5 Å². The molecule has 0 radical (unpaired) electrons. The number of hydrazone groups is 1. The van der Waals surface area contributed by atoms with E-state index in [9.17, 15) is 9.59 Å². The van der Waals surface area contributed by atoms with Gasteiger partial charge in [0.15, 0.2) is 0 Å². The summed E-state index contributed by atoms with van der Waals surface area (Å²) in [5.41, 5.74) is 5.76. The molecular formula is C31H29N3O4. The van der Waals surface area contributed by atoms with Crippen LogP contribution in [0.2, 0.25) is 0 Å². The highest BCUT2D eigenvalue weighted by Crippen LogP contribution is 2.18. The number of carbonyl (C=O) groups is 2. The number of ether oxygens (including phenoxy) is 2. The predicted molar refractivity (Wildman–Crippen MR) is 147 cm³/mol. The molecule has 7 heteroatoms. The van der Waals surface area contributed by atoms with Gasteiger partial charge in [-0.05, 0) is 65.2 Å². The fraction of sp³-hybridized carbons (Fsp3) is 0.129. The van der Waals surface area contributed by atoms with Gasteiger partial charge < -0.3 is 14.8 Å². The SMILES string of the molecule is COc1ccc(COc2ccc(/C=N\NC(=O)C[C@H](NC(=O)c3ccccc3)c3ccccc3)cc2)cc1. The molecule has 1 atom stereocenters. The van der Waals surface area contributed by atoms with Crippen molar-refractivity contribution in [2.45, 2.75) is 19.1 Å². The number of rotatable bonds is 11. The van der Waals surface area contributed by atoms with E-state index in [0.29, 0.717) is 12.2 Å². The van der Waals surface area contributed by atoms with Crippen molar-refractivity contribution in [3.05, 3.63) is 131 Å². The summed E-state index contributed by atoms with van der Waals surface area (Å²) >= 11 is 0. The van der Waals surface area contributed by atoms with Crippen LogP contribution in [-0.4, -0.2) is 25.1 Å². The molecule has 2 amide bonds. The fourth-order valence-corrected chi connectivity index (χ4v) is 3.72. The van der Waals surface area contributed by atoms with Crippen molar-refractivity contribution in [3.63, 3.8) is 0 Å². The summed E-state index contributed by atoms with van der Waals surface area (Å²) in [6, 6.07) is 32.9. The molecule has 0 heterocycles. The Morgan fingerprint density at radius 2 is 1.45 bits per heavy atom. The lowest BCUT2D eigenvalue weighted by Gasteiger charge is -2.18. The molecule has 0 spiro atoms. The number of methoxy groups -OCH3 is 1. The van der Waals surface area contributed by atoms with Gasteiger partial charge in [-0.1, -0.05) is 60.7 Å². The average molecular weight is 508 g/mol. The molecular weight excluding hydrogens is 478 g/mol. The standard InChI is InChI=1S/C31H29N3O4/c1-37-27-16-14-24(15-17-27)22-38-28-18-12-23(13-19-28)21-32-34-30(35)20-29(25-8-4-2-5-9-25)33-31(36)26-10-6-3-7-11-26/h2-19,21,29H,20,22H2,1H3,(H,33,36)(H,34,35)/b32-21-/t29-/m0/s1. The van der Waals surface area contributed by atoms with Crippen LogP contribution in [0, 0.1) is 0 Å². The van der Waals surface area contributed by atoms with Crippen LogP contribution in [0.3, 0.4) is 0 Å². The van der Waals surface area contributed by atoms with Gasteiger partial charge in [-0.2, -0.15) is 5.10 Å². The maximum Gasteiger partial charge on any atom is 0.251 e. The number of carbonyl (C=O) groups excluding carboxylic acids is 2. The quantitative estimate of drug-likeness (QED) is 0.213. The highest BCUT2D eigenvalue weighted by Gasteiger charge is 2.19. The Hall–Kier alpha value is -4.91. The third kappa shape index (κ3) is 7.80. The van der Waals surface area contributed by atoms with Crippen molar-refractivity contribution in [2.75, 3.05) is 7.11 Å². The third-order valence-corrected chi connectivity index (χ3v) is 5.78. The second-order valence-corrected chi connectivity index (χ2v) is 8.51. The highest BCUT2D eigenvalue weighted by molar-refractivity contribution is 5.94. The van der Waals surface area contributed by atoms with Crippen molar-refractivity contribution in [3.8, 4) is 11.5 Å². The number of benzene rings is 4. The van der Waals surface area contributed by atoms with Gasteiger partial charge in [0.1, 0.15) is 18.1 Å². The Bertz CT molecular complexity index is 1340. The molecule has 4 aromatic carbocycles. The van der Waals surface area contributed by atoms with Gasteiger partial charge in [0.05, 0.1) is 25.8 Å². The maximum absolute atomic E-state index is 12.7. The average Bonchev–Trinajstić information content (AvgIpc) is 2.97. The zero-order chi connectivity index (χ0) is 26.6. The topological polar surface area (TPSA) is 89.0 Å². The molecule has 0 saturated heterocycles. The summed E-state index contributed by atoms with van der Waals surface area (Å²) in [5.74, 6) is 0.965. The number of nitrogens with one attached hydrogen (secondary N) is 2. The first-order valence-corrected chi connectivity index (χ1v) is 12.2.